The summed E-state index contributed by atoms with van der Waals surface area (Å²) in [6, 6.07) is 7.32. The fraction of sp³-hybridized carbons (Fsp3) is 0.562. The van der Waals surface area contributed by atoms with Crippen LogP contribution in [0.3, 0.4) is 0 Å². The highest BCUT2D eigenvalue weighted by Crippen LogP contribution is 2.24. The van der Waals surface area contributed by atoms with Gasteiger partial charge in [-0.2, -0.15) is 0 Å². The van der Waals surface area contributed by atoms with E-state index in [1.54, 1.807) is 12.1 Å². The second-order valence-corrected chi connectivity index (χ2v) is 6.50. The summed E-state index contributed by atoms with van der Waals surface area (Å²) in [4.78, 5) is 14.4. The lowest BCUT2D eigenvalue weighted by molar-refractivity contribution is -0.121. The van der Waals surface area contributed by atoms with E-state index < -0.39 is 0 Å². The molecule has 0 saturated heterocycles. The van der Waals surface area contributed by atoms with E-state index >= 15 is 0 Å². The van der Waals surface area contributed by atoms with E-state index in [0.717, 1.165) is 5.69 Å². The zero-order valence-electron chi connectivity index (χ0n) is 13.4. The van der Waals surface area contributed by atoms with Crippen molar-refractivity contribution in [2.45, 2.75) is 46.7 Å². The van der Waals surface area contributed by atoms with Crippen LogP contribution in [0, 0.1) is 5.41 Å². The van der Waals surface area contributed by atoms with Crippen molar-refractivity contribution in [2.24, 2.45) is 5.41 Å². The minimum absolute atomic E-state index is 0.0193. The van der Waals surface area contributed by atoms with E-state index in [9.17, 15) is 4.79 Å². The Morgan fingerprint density at radius 2 is 1.90 bits per heavy atom. The van der Waals surface area contributed by atoms with Gasteiger partial charge >= 0.3 is 0 Å². The second-order valence-electron chi connectivity index (χ2n) is 6.50. The maximum absolute atomic E-state index is 12.3. The molecule has 0 aliphatic heterocycles. The first-order valence-corrected chi connectivity index (χ1v) is 7.01. The van der Waals surface area contributed by atoms with Crippen LogP contribution in [-0.4, -0.2) is 29.9 Å². The van der Waals surface area contributed by atoms with Crippen LogP contribution in [0.15, 0.2) is 24.3 Å². The first-order valence-electron chi connectivity index (χ1n) is 7.01. The zero-order valence-corrected chi connectivity index (χ0v) is 13.4. The number of carbonyl (C=O) groups is 1. The lowest BCUT2D eigenvalue weighted by Crippen LogP contribution is -2.48. The fourth-order valence-electron chi connectivity index (χ4n) is 1.99. The molecule has 1 aromatic rings. The van der Waals surface area contributed by atoms with Gasteiger partial charge in [0.1, 0.15) is 0 Å². The molecule has 0 saturated carbocycles. The van der Waals surface area contributed by atoms with E-state index in [-0.39, 0.29) is 17.4 Å². The van der Waals surface area contributed by atoms with Crippen LogP contribution in [0.2, 0.25) is 0 Å². The first kappa shape index (κ1) is 16.5. The van der Waals surface area contributed by atoms with Crippen LogP contribution in [0.1, 0.15) is 34.6 Å². The topological polar surface area (TPSA) is 58.4 Å². The highest BCUT2D eigenvalue weighted by molar-refractivity contribution is 5.94. The molecule has 112 valence electrons. The molecule has 1 aromatic carbocycles. The molecule has 0 aromatic heterocycles. The Morgan fingerprint density at radius 1 is 1.30 bits per heavy atom. The van der Waals surface area contributed by atoms with Crippen molar-refractivity contribution in [3.63, 3.8) is 0 Å². The lowest BCUT2D eigenvalue weighted by Gasteiger charge is -2.38. The molecule has 4 heteroatoms. The molecular weight excluding hydrogens is 250 g/mol. The number of nitrogens with two attached hydrogens (primary N) is 1. The predicted molar refractivity (Wildman–Crippen MR) is 85.6 cm³/mol. The summed E-state index contributed by atoms with van der Waals surface area (Å²) in [6.07, 6.45) is 0. The van der Waals surface area contributed by atoms with Crippen LogP contribution >= 0.6 is 0 Å². The van der Waals surface area contributed by atoms with Gasteiger partial charge in [-0.25, -0.2) is 0 Å². The minimum Gasteiger partial charge on any atom is -0.399 e. The van der Waals surface area contributed by atoms with Crippen molar-refractivity contribution < 1.29 is 4.79 Å². The van der Waals surface area contributed by atoms with Crippen LogP contribution in [0.5, 0.6) is 0 Å². The number of amides is 1. The summed E-state index contributed by atoms with van der Waals surface area (Å²) in [5, 5.41) is 2.91. The van der Waals surface area contributed by atoms with Crippen LogP contribution < -0.4 is 11.1 Å². The SMILES string of the molecule is CC(C(=O)Nc1cccc(N)c1)N(C)C(C)C(C)(C)C. The Morgan fingerprint density at radius 3 is 2.40 bits per heavy atom. The zero-order chi connectivity index (χ0) is 15.5. The van der Waals surface area contributed by atoms with Gasteiger partial charge in [0.05, 0.1) is 6.04 Å². The molecule has 0 fully saturated rings. The van der Waals surface area contributed by atoms with Crippen molar-refractivity contribution in [1.82, 2.24) is 4.90 Å². The summed E-state index contributed by atoms with van der Waals surface area (Å²) in [7, 11) is 1.99. The third kappa shape index (κ3) is 4.23. The Bertz CT molecular complexity index is 465. The predicted octanol–water partition coefficient (Wildman–Crippen LogP) is 2.96. The Hall–Kier alpha value is -1.55. The quantitative estimate of drug-likeness (QED) is 0.832. The molecule has 1 rings (SSSR count). The minimum atomic E-state index is -0.203. The highest BCUT2D eigenvalue weighted by Gasteiger charge is 2.29. The van der Waals surface area contributed by atoms with Gasteiger partial charge in [-0.05, 0) is 44.5 Å². The molecule has 0 aliphatic rings. The van der Waals surface area contributed by atoms with Gasteiger partial charge in [0, 0.05) is 17.4 Å². The van der Waals surface area contributed by atoms with Gasteiger partial charge in [-0.1, -0.05) is 26.8 Å². The number of anilines is 2. The molecular formula is C16H27N3O. The van der Waals surface area contributed by atoms with Crippen LogP contribution in [0.25, 0.3) is 0 Å². The molecule has 20 heavy (non-hydrogen) atoms. The normalized spacial score (nSPS) is 14.9. The largest absolute Gasteiger partial charge is 0.399 e. The fourth-order valence-corrected chi connectivity index (χ4v) is 1.99. The molecule has 2 unspecified atom stereocenters. The van der Waals surface area contributed by atoms with E-state index in [2.05, 4.69) is 37.9 Å². The molecule has 1 amide bonds. The number of carbonyl (C=O) groups excluding carboxylic acids is 1. The van der Waals surface area contributed by atoms with Gasteiger partial charge in [0.15, 0.2) is 0 Å². The molecule has 0 aliphatic carbocycles. The molecule has 0 heterocycles. The lowest BCUT2D eigenvalue weighted by atomic mass is 9.86. The summed E-state index contributed by atoms with van der Waals surface area (Å²) in [6.45, 7) is 10.6. The number of rotatable bonds is 4. The van der Waals surface area contributed by atoms with Crippen LogP contribution in [0.4, 0.5) is 11.4 Å². The average molecular weight is 277 g/mol. The van der Waals surface area contributed by atoms with Crippen molar-refractivity contribution in [3.8, 4) is 0 Å². The average Bonchev–Trinajstić information content (AvgIpc) is 2.35. The molecule has 0 spiro atoms. The number of likely N-dealkylation sites (N-methyl/N-ethyl adjacent to an activating group) is 1. The van der Waals surface area contributed by atoms with Gasteiger partial charge in [-0.15, -0.1) is 0 Å². The van der Waals surface area contributed by atoms with Crippen molar-refractivity contribution >= 4 is 17.3 Å². The molecule has 2 atom stereocenters. The summed E-state index contributed by atoms with van der Waals surface area (Å²) < 4.78 is 0. The molecule has 0 bridgehead atoms. The standard InChI is InChI=1S/C16H27N3O/c1-11(19(6)12(2)16(3,4)5)15(20)18-14-9-7-8-13(17)10-14/h7-12H,17H2,1-6H3,(H,18,20). The molecule has 3 N–H and O–H groups in total. The smallest absolute Gasteiger partial charge is 0.241 e. The van der Waals surface area contributed by atoms with Gasteiger partial charge in [0.2, 0.25) is 5.91 Å². The van der Waals surface area contributed by atoms with Crippen molar-refractivity contribution in [2.75, 3.05) is 18.1 Å². The Kier molecular flexibility index (Phi) is 5.17. The number of nitrogen functional groups attached to an aromatic ring is 1. The number of nitrogens with one attached hydrogen (secondary N) is 1. The Balaban J connectivity index is 2.72. The molecule has 4 nitrogen and oxygen atoms in total. The first-order chi connectivity index (χ1) is 9.12. The number of nitrogens with zero attached hydrogens (tertiary/aromatic N) is 1. The number of benzene rings is 1. The maximum Gasteiger partial charge on any atom is 0.241 e. The van der Waals surface area contributed by atoms with E-state index in [0.29, 0.717) is 11.7 Å². The van der Waals surface area contributed by atoms with E-state index in [1.165, 1.54) is 0 Å². The van der Waals surface area contributed by atoms with Crippen molar-refractivity contribution in [1.29, 1.82) is 0 Å². The summed E-state index contributed by atoms with van der Waals surface area (Å²) in [5.74, 6) is -0.0193. The number of hydrogen-bond donors (Lipinski definition) is 2. The number of hydrogen-bond acceptors (Lipinski definition) is 3. The third-order valence-electron chi connectivity index (χ3n) is 4.01. The Labute approximate surface area is 122 Å². The monoisotopic (exact) mass is 277 g/mol. The third-order valence-corrected chi connectivity index (χ3v) is 4.01. The summed E-state index contributed by atoms with van der Waals surface area (Å²) >= 11 is 0. The highest BCUT2D eigenvalue weighted by atomic mass is 16.2. The van der Waals surface area contributed by atoms with Gasteiger partial charge in [-0.3, -0.25) is 9.69 Å². The van der Waals surface area contributed by atoms with Crippen LogP contribution in [-0.2, 0) is 4.79 Å². The molecule has 0 radical (unpaired) electrons. The summed E-state index contributed by atoms with van der Waals surface area (Å²) in [5.41, 5.74) is 7.22. The van der Waals surface area contributed by atoms with E-state index in [4.69, 9.17) is 5.73 Å². The van der Waals surface area contributed by atoms with Crippen molar-refractivity contribution in [3.05, 3.63) is 24.3 Å². The van der Waals surface area contributed by atoms with Gasteiger partial charge < -0.3 is 11.1 Å². The van der Waals surface area contributed by atoms with Gasteiger partial charge in [0.25, 0.3) is 0 Å². The second kappa shape index (κ2) is 6.27. The maximum atomic E-state index is 12.3. The van der Waals surface area contributed by atoms with E-state index in [1.807, 2.05) is 26.1 Å².